The van der Waals surface area contributed by atoms with Gasteiger partial charge >= 0.3 is 12.1 Å². The number of carboxylic acids is 1. The lowest BCUT2D eigenvalue weighted by Crippen LogP contribution is -2.48. The standard InChI is InChI=1S/C22H39N3O6/c1-13(2)11-17(20(28)29)25-19(27)16-9-7-15(8-10-16)12-23-18(26)14(3)24-21(30)31-22(4,5)6/h13-17H,7-12H2,1-6H3,(H,23,26)(H,24,30)(H,25,27)(H,28,29)/t14-,15?,16?,17-/m0/s1. The number of hydrogen-bond donors (Lipinski definition) is 4. The zero-order valence-corrected chi connectivity index (χ0v) is 19.6. The van der Waals surface area contributed by atoms with Gasteiger partial charge in [0, 0.05) is 12.5 Å². The van der Waals surface area contributed by atoms with Crippen molar-refractivity contribution < 1.29 is 29.0 Å². The smallest absolute Gasteiger partial charge is 0.408 e. The highest BCUT2D eigenvalue weighted by Gasteiger charge is 2.30. The predicted octanol–water partition coefficient (Wildman–Crippen LogP) is 2.44. The maximum atomic E-state index is 12.5. The minimum atomic E-state index is -1.01. The van der Waals surface area contributed by atoms with Crippen molar-refractivity contribution in [2.24, 2.45) is 17.8 Å². The average Bonchev–Trinajstić information content (AvgIpc) is 2.63. The van der Waals surface area contributed by atoms with Gasteiger partial charge in [0.25, 0.3) is 0 Å². The Kier molecular flexibility index (Phi) is 10.3. The van der Waals surface area contributed by atoms with Gasteiger partial charge in [-0.2, -0.15) is 0 Å². The molecule has 1 aliphatic carbocycles. The summed E-state index contributed by atoms with van der Waals surface area (Å²) in [5.74, 6) is -1.28. The third-order valence-electron chi connectivity index (χ3n) is 5.23. The number of carboxylic acid groups (broad SMARTS) is 1. The van der Waals surface area contributed by atoms with E-state index in [2.05, 4.69) is 16.0 Å². The third-order valence-corrected chi connectivity index (χ3v) is 5.23. The van der Waals surface area contributed by atoms with Crippen molar-refractivity contribution in [1.82, 2.24) is 16.0 Å². The Bertz CT molecular complexity index is 636. The van der Waals surface area contributed by atoms with E-state index < -0.39 is 29.7 Å². The van der Waals surface area contributed by atoms with Crippen molar-refractivity contribution >= 4 is 23.9 Å². The molecule has 0 aliphatic heterocycles. The van der Waals surface area contributed by atoms with Crippen LogP contribution in [-0.4, -0.2) is 53.2 Å². The van der Waals surface area contributed by atoms with Gasteiger partial charge in [-0.25, -0.2) is 9.59 Å². The lowest BCUT2D eigenvalue weighted by molar-refractivity contribution is -0.143. The fourth-order valence-electron chi connectivity index (χ4n) is 3.56. The normalized spacial score (nSPS) is 21.0. The maximum absolute atomic E-state index is 12.5. The highest BCUT2D eigenvalue weighted by Crippen LogP contribution is 2.28. The molecule has 3 amide bonds. The number of carbonyl (C=O) groups is 4. The molecule has 0 spiro atoms. The summed E-state index contributed by atoms with van der Waals surface area (Å²) in [6.45, 7) is 11.2. The summed E-state index contributed by atoms with van der Waals surface area (Å²) in [6.07, 6.45) is 2.62. The second-order valence-corrected chi connectivity index (χ2v) is 9.86. The molecule has 0 unspecified atom stereocenters. The van der Waals surface area contributed by atoms with Crippen LogP contribution in [0.5, 0.6) is 0 Å². The molecule has 1 rings (SSSR count). The minimum absolute atomic E-state index is 0.174. The number of ether oxygens (including phenoxy) is 1. The Balaban J connectivity index is 2.38. The number of nitrogens with one attached hydrogen (secondary N) is 3. The van der Waals surface area contributed by atoms with E-state index >= 15 is 0 Å². The van der Waals surface area contributed by atoms with Crippen LogP contribution in [0.25, 0.3) is 0 Å². The first-order valence-electron chi connectivity index (χ1n) is 11.1. The SMILES string of the molecule is CC(C)C[C@H](NC(=O)C1CCC(CNC(=O)[C@H](C)NC(=O)OC(C)(C)C)CC1)C(=O)O. The van der Waals surface area contributed by atoms with Crippen LogP contribution >= 0.6 is 0 Å². The van der Waals surface area contributed by atoms with Crippen LogP contribution in [0.15, 0.2) is 0 Å². The zero-order chi connectivity index (χ0) is 23.8. The molecule has 0 aromatic rings. The van der Waals surface area contributed by atoms with E-state index in [1.54, 1.807) is 27.7 Å². The molecule has 0 heterocycles. The number of rotatable bonds is 9. The molecule has 0 radical (unpaired) electrons. The van der Waals surface area contributed by atoms with Gasteiger partial charge in [0.2, 0.25) is 11.8 Å². The van der Waals surface area contributed by atoms with Crippen molar-refractivity contribution in [1.29, 1.82) is 0 Å². The second kappa shape index (κ2) is 11.9. The highest BCUT2D eigenvalue weighted by atomic mass is 16.6. The maximum Gasteiger partial charge on any atom is 0.408 e. The average molecular weight is 442 g/mol. The number of carbonyl (C=O) groups excluding carboxylic acids is 3. The molecule has 1 fully saturated rings. The molecule has 0 saturated heterocycles. The summed E-state index contributed by atoms with van der Waals surface area (Å²) in [7, 11) is 0. The summed E-state index contributed by atoms with van der Waals surface area (Å²) in [6, 6.07) is -1.57. The lowest BCUT2D eigenvalue weighted by atomic mass is 9.81. The molecule has 0 bridgehead atoms. The lowest BCUT2D eigenvalue weighted by Gasteiger charge is -2.29. The van der Waals surface area contributed by atoms with Crippen molar-refractivity contribution in [3.05, 3.63) is 0 Å². The van der Waals surface area contributed by atoms with Crippen LogP contribution < -0.4 is 16.0 Å². The van der Waals surface area contributed by atoms with Gasteiger partial charge < -0.3 is 25.8 Å². The molecule has 1 aliphatic rings. The van der Waals surface area contributed by atoms with E-state index in [0.29, 0.717) is 25.8 Å². The van der Waals surface area contributed by atoms with E-state index in [0.717, 1.165) is 12.8 Å². The van der Waals surface area contributed by atoms with Crippen LogP contribution in [-0.2, 0) is 19.1 Å². The first kappa shape index (κ1) is 26.7. The Morgan fingerprint density at radius 3 is 2.06 bits per heavy atom. The highest BCUT2D eigenvalue weighted by molar-refractivity contribution is 5.85. The van der Waals surface area contributed by atoms with Crippen LogP contribution in [0, 0.1) is 17.8 Å². The summed E-state index contributed by atoms with van der Waals surface area (Å²) in [5.41, 5.74) is -0.634. The Morgan fingerprint density at radius 1 is 1.00 bits per heavy atom. The van der Waals surface area contributed by atoms with Crippen molar-refractivity contribution in [3.8, 4) is 0 Å². The zero-order valence-electron chi connectivity index (χ0n) is 19.6. The van der Waals surface area contributed by atoms with E-state index in [-0.39, 0.29) is 29.6 Å². The molecule has 9 nitrogen and oxygen atoms in total. The van der Waals surface area contributed by atoms with Crippen LogP contribution in [0.2, 0.25) is 0 Å². The number of amides is 3. The van der Waals surface area contributed by atoms with Crippen molar-refractivity contribution in [2.75, 3.05) is 6.54 Å². The molecular weight excluding hydrogens is 402 g/mol. The topological polar surface area (TPSA) is 134 Å². The molecule has 9 heteroatoms. The number of alkyl carbamates (subject to hydrolysis) is 1. The second-order valence-electron chi connectivity index (χ2n) is 9.86. The van der Waals surface area contributed by atoms with Crippen LogP contribution in [0.3, 0.4) is 0 Å². The van der Waals surface area contributed by atoms with E-state index in [4.69, 9.17) is 4.74 Å². The summed E-state index contributed by atoms with van der Waals surface area (Å²) in [4.78, 5) is 47.8. The van der Waals surface area contributed by atoms with Gasteiger partial charge in [0.15, 0.2) is 0 Å². The summed E-state index contributed by atoms with van der Waals surface area (Å²) >= 11 is 0. The fraction of sp³-hybridized carbons (Fsp3) is 0.818. The summed E-state index contributed by atoms with van der Waals surface area (Å²) in [5, 5.41) is 17.3. The van der Waals surface area contributed by atoms with E-state index in [1.165, 1.54) is 0 Å². The summed E-state index contributed by atoms with van der Waals surface area (Å²) < 4.78 is 5.15. The van der Waals surface area contributed by atoms with Crippen LogP contribution in [0.4, 0.5) is 4.79 Å². The molecule has 1 saturated carbocycles. The Labute approximate surface area is 185 Å². The Hall–Kier alpha value is -2.32. The molecule has 0 aromatic heterocycles. The molecule has 0 aromatic carbocycles. The monoisotopic (exact) mass is 441 g/mol. The first-order valence-corrected chi connectivity index (χ1v) is 11.1. The number of aliphatic carboxylic acids is 1. The van der Waals surface area contributed by atoms with E-state index in [1.807, 2.05) is 13.8 Å². The van der Waals surface area contributed by atoms with Gasteiger partial charge in [0.1, 0.15) is 17.7 Å². The number of hydrogen-bond acceptors (Lipinski definition) is 5. The molecule has 2 atom stereocenters. The first-order chi connectivity index (χ1) is 14.3. The van der Waals surface area contributed by atoms with Gasteiger partial charge in [-0.1, -0.05) is 13.8 Å². The molecule has 4 N–H and O–H groups in total. The van der Waals surface area contributed by atoms with E-state index in [9.17, 15) is 24.3 Å². The van der Waals surface area contributed by atoms with Gasteiger partial charge in [-0.3, -0.25) is 9.59 Å². The molecule has 31 heavy (non-hydrogen) atoms. The fourth-order valence-corrected chi connectivity index (χ4v) is 3.56. The van der Waals surface area contributed by atoms with Crippen molar-refractivity contribution in [3.63, 3.8) is 0 Å². The largest absolute Gasteiger partial charge is 0.480 e. The molecular formula is C22H39N3O6. The van der Waals surface area contributed by atoms with Gasteiger partial charge in [0.05, 0.1) is 0 Å². The quantitative estimate of drug-likeness (QED) is 0.434. The predicted molar refractivity (Wildman–Crippen MR) is 116 cm³/mol. The Morgan fingerprint density at radius 2 is 1.58 bits per heavy atom. The van der Waals surface area contributed by atoms with Crippen molar-refractivity contribution in [2.45, 2.75) is 91.3 Å². The molecule has 178 valence electrons. The van der Waals surface area contributed by atoms with Gasteiger partial charge in [-0.05, 0) is 71.6 Å². The van der Waals surface area contributed by atoms with Crippen LogP contribution in [0.1, 0.15) is 73.6 Å². The minimum Gasteiger partial charge on any atom is -0.480 e. The van der Waals surface area contributed by atoms with Gasteiger partial charge in [-0.15, -0.1) is 0 Å². The third kappa shape index (κ3) is 10.5.